The molecule has 0 aromatic heterocycles. The van der Waals surface area contributed by atoms with E-state index in [0.29, 0.717) is 29.8 Å². The van der Waals surface area contributed by atoms with Crippen molar-refractivity contribution < 1.29 is 14.3 Å². The van der Waals surface area contributed by atoms with Gasteiger partial charge in [-0.25, -0.2) is 4.79 Å². The van der Waals surface area contributed by atoms with E-state index in [0.717, 1.165) is 32.5 Å². The van der Waals surface area contributed by atoms with Gasteiger partial charge in [0.15, 0.2) is 0 Å². The first-order valence-corrected chi connectivity index (χ1v) is 9.25. The summed E-state index contributed by atoms with van der Waals surface area (Å²) in [5.74, 6) is 1.27. The molecular weight excluding hydrogens is 318 g/mol. The number of hydrogen-bond donors (Lipinski definition) is 2. The predicted octanol–water partition coefficient (Wildman–Crippen LogP) is 2.01. The molecule has 134 valence electrons. The second-order valence-electron chi connectivity index (χ2n) is 7.42. The van der Waals surface area contributed by atoms with E-state index in [1.165, 1.54) is 12.8 Å². The van der Waals surface area contributed by atoms with Crippen LogP contribution in [0.3, 0.4) is 0 Å². The minimum Gasteiger partial charge on any atom is -0.492 e. The van der Waals surface area contributed by atoms with Crippen molar-refractivity contribution in [2.75, 3.05) is 26.2 Å². The number of para-hydroxylation sites is 1. The molecule has 1 aromatic rings. The fourth-order valence-corrected chi connectivity index (χ4v) is 3.78. The highest BCUT2D eigenvalue weighted by molar-refractivity contribution is 6.05. The lowest BCUT2D eigenvalue weighted by atomic mass is 9.84. The molecule has 0 spiro atoms. The number of fused-ring (bicyclic) bond motifs is 3. The largest absolute Gasteiger partial charge is 0.492 e. The average Bonchev–Trinajstić information content (AvgIpc) is 3.45. The third-order valence-corrected chi connectivity index (χ3v) is 5.50. The summed E-state index contributed by atoms with van der Waals surface area (Å²) in [7, 11) is 0. The molecular formula is C19H25N3O3. The number of ether oxygens (including phenoxy) is 1. The minimum absolute atomic E-state index is 0.136. The molecule has 2 bridgehead atoms. The number of amides is 3. The van der Waals surface area contributed by atoms with Crippen molar-refractivity contribution in [3.63, 3.8) is 0 Å². The Hall–Kier alpha value is -2.08. The molecule has 0 radical (unpaired) electrons. The Labute approximate surface area is 147 Å². The van der Waals surface area contributed by atoms with Crippen LogP contribution in [0.15, 0.2) is 24.3 Å². The van der Waals surface area contributed by atoms with Gasteiger partial charge in [0.1, 0.15) is 5.75 Å². The van der Waals surface area contributed by atoms with Crippen LogP contribution in [0, 0.1) is 11.8 Å². The lowest BCUT2D eigenvalue weighted by molar-refractivity contribution is 0.0757. The summed E-state index contributed by atoms with van der Waals surface area (Å²) in [6, 6.07) is 6.82. The monoisotopic (exact) mass is 343 g/mol. The van der Waals surface area contributed by atoms with Crippen LogP contribution >= 0.6 is 0 Å². The van der Waals surface area contributed by atoms with Crippen LogP contribution in [-0.4, -0.2) is 49.1 Å². The lowest BCUT2D eigenvalue weighted by Crippen LogP contribution is -2.59. The summed E-state index contributed by atoms with van der Waals surface area (Å²) >= 11 is 0. The maximum absolute atomic E-state index is 12.5. The fourth-order valence-electron chi connectivity index (χ4n) is 3.78. The topological polar surface area (TPSA) is 70.7 Å². The zero-order valence-corrected chi connectivity index (χ0v) is 14.4. The molecule has 3 aliphatic heterocycles. The first-order valence-electron chi connectivity index (χ1n) is 9.25. The third-order valence-electron chi connectivity index (χ3n) is 5.50. The number of carbonyl (C=O) groups excluding carboxylic acids is 2. The molecule has 25 heavy (non-hydrogen) atoms. The Bertz CT molecular complexity index is 651. The van der Waals surface area contributed by atoms with Gasteiger partial charge in [0.2, 0.25) is 0 Å². The summed E-state index contributed by atoms with van der Waals surface area (Å²) in [6.45, 7) is 3.76. The van der Waals surface area contributed by atoms with Gasteiger partial charge in [-0.1, -0.05) is 12.1 Å². The molecule has 1 unspecified atom stereocenters. The first-order chi connectivity index (χ1) is 12.2. The van der Waals surface area contributed by atoms with Gasteiger partial charge < -0.3 is 15.0 Å². The Kier molecular flexibility index (Phi) is 4.61. The second-order valence-corrected chi connectivity index (χ2v) is 7.42. The Morgan fingerprint density at radius 3 is 2.56 bits per heavy atom. The minimum atomic E-state index is -0.416. The molecule has 6 heteroatoms. The summed E-state index contributed by atoms with van der Waals surface area (Å²) < 4.78 is 5.75. The highest BCUT2D eigenvalue weighted by atomic mass is 16.5. The number of rotatable bonds is 5. The fraction of sp³-hybridized carbons (Fsp3) is 0.579. The van der Waals surface area contributed by atoms with E-state index >= 15 is 0 Å². The van der Waals surface area contributed by atoms with Gasteiger partial charge in [-0.05, 0) is 62.7 Å². The van der Waals surface area contributed by atoms with Gasteiger partial charge >= 0.3 is 6.03 Å². The highest BCUT2D eigenvalue weighted by Gasteiger charge is 2.35. The summed E-state index contributed by atoms with van der Waals surface area (Å²) in [5, 5.41) is 5.44. The number of nitrogens with one attached hydrogen (secondary N) is 2. The summed E-state index contributed by atoms with van der Waals surface area (Å²) in [6.07, 6.45) is 4.63. The van der Waals surface area contributed by atoms with Crippen molar-refractivity contribution >= 4 is 11.9 Å². The number of urea groups is 1. The van der Waals surface area contributed by atoms with E-state index in [9.17, 15) is 9.59 Å². The van der Waals surface area contributed by atoms with Crippen molar-refractivity contribution in [3.05, 3.63) is 29.8 Å². The average molecular weight is 343 g/mol. The van der Waals surface area contributed by atoms with Crippen LogP contribution < -0.4 is 15.4 Å². The molecule has 6 nitrogen and oxygen atoms in total. The van der Waals surface area contributed by atoms with Gasteiger partial charge in [-0.15, -0.1) is 0 Å². The van der Waals surface area contributed by atoms with Crippen molar-refractivity contribution in [1.29, 1.82) is 0 Å². The molecule has 3 heterocycles. The zero-order valence-electron chi connectivity index (χ0n) is 14.4. The van der Waals surface area contributed by atoms with Crippen LogP contribution in [0.5, 0.6) is 5.75 Å². The van der Waals surface area contributed by atoms with Gasteiger partial charge in [0, 0.05) is 12.6 Å². The number of benzene rings is 1. The normalized spacial score (nSPS) is 27.6. The van der Waals surface area contributed by atoms with E-state index in [4.69, 9.17) is 4.74 Å². The molecule has 2 N–H and O–H groups in total. The van der Waals surface area contributed by atoms with E-state index in [1.54, 1.807) is 18.2 Å². The quantitative estimate of drug-likeness (QED) is 0.858. The van der Waals surface area contributed by atoms with Crippen molar-refractivity contribution in [2.24, 2.45) is 11.8 Å². The number of carbonyl (C=O) groups is 2. The highest BCUT2D eigenvalue weighted by Crippen LogP contribution is 2.30. The van der Waals surface area contributed by atoms with Crippen LogP contribution in [0.25, 0.3) is 0 Å². The maximum atomic E-state index is 12.5. The molecule has 4 fully saturated rings. The van der Waals surface area contributed by atoms with E-state index < -0.39 is 11.9 Å². The summed E-state index contributed by atoms with van der Waals surface area (Å²) in [5.41, 5.74) is 0.409. The van der Waals surface area contributed by atoms with Crippen molar-refractivity contribution in [2.45, 2.75) is 31.7 Å². The van der Waals surface area contributed by atoms with Gasteiger partial charge in [-0.2, -0.15) is 0 Å². The summed E-state index contributed by atoms with van der Waals surface area (Å²) in [4.78, 5) is 27.1. The Morgan fingerprint density at radius 2 is 1.88 bits per heavy atom. The Morgan fingerprint density at radius 1 is 1.12 bits per heavy atom. The van der Waals surface area contributed by atoms with Crippen LogP contribution in [0.1, 0.15) is 36.0 Å². The number of nitrogens with zero attached hydrogens (tertiary/aromatic N) is 1. The molecule has 1 aromatic carbocycles. The van der Waals surface area contributed by atoms with Crippen molar-refractivity contribution in [1.82, 2.24) is 15.5 Å². The van der Waals surface area contributed by atoms with Crippen LogP contribution in [0.4, 0.5) is 4.79 Å². The zero-order chi connectivity index (χ0) is 17.2. The van der Waals surface area contributed by atoms with Gasteiger partial charge in [0.25, 0.3) is 5.91 Å². The number of piperidine rings is 3. The number of hydrogen-bond acceptors (Lipinski definition) is 4. The maximum Gasteiger partial charge on any atom is 0.321 e. The standard InChI is InChI=1S/C19H25N3O3/c23-18(15-3-1-2-4-17(15)25-12-13-5-6-13)21-19(24)20-16-11-22-9-7-14(16)8-10-22/h1-4,13-14,16H,5-12H2,(H2,20,21,23,24). The predicted molar refractivity (Wildman–Crippen MR) is 93.6 cm³/mol. The van der Waals surface area contributed by atoms with E-state index in [-0.39, 0.29) is 6.04 Å². The van der Waals surface area contributed by atoms with E-state index in [2.05, 4.69) is 15.5 Å². The SMILES string of the molecule is O=C(NC(=O)c1ccccc1OCC1CC1)NC1CN2CCC1CC2. The smallest absolute Gasteiger partial charge is 0.321 e. The molecule has 4 aliphatic rings. The molecule has 3 saturated heterocycles. The van der Waals surface area contributed by atoms with Crippen molar-refractivity contribution in [3.8, 4) is 5.75 Å². The van der Waals surface area contributed by atoms with Gasteiger partial charge in [0.05, 0.1) is 12.2 Å². The van der Waals surface area contributed by atoms with E-state index in [1.807, 2.05) is 6.07 Å². The van der Waals surface area contributed by atoms with Gasteiger partial charge in [-0.3, -0.25) is 10.1 Å². The second kappa shape index (κ2) is 7.04. The molecule has 5 rings (SSSR count). The molecule has 3 amide bonds. The molecule has 1 saturated carbocycles. The Balaban J connectivity index is 1.34. The third kappa shape index (κ3) is 3.95. The number of imide groups is 1. The molecule has 1 aliphatic carbocycles. The molecule has 1 atom stereocenters. The lowest BCUT2D eigenvalue weighted by Gasteiger charge is -2.44. The van der Waals surface area contributed by atoms with Crippen LogP contribution in [0.2, 0.25) is 0 Å². The van der Waals surface area contributed by atoms with Crippen LogP contribution in [-0.2, 0) is 0 Å². The first kappa shape index (κ1) is 16.4.